The Morgan fingerprint density at radius 1 is 1.40 bits per heavy atom. The van der Waals surface area contributed by atoms with Gasteiger partial charge in [0.05, 0.1) is 23.9 Å². The Labute approximate surface area is 121 Å². The van der Waals surface area contributed by atoms with E-state index >= 15 is 0 Å². The predicted molar refractivity (Wildman–Crippen MR) is 78.6 cm³/mol. The summed E-state index contributed by atoms with van der Waals surface area (Å²) in [6.07, 6.45) is 2.49. The Kier molecular flexibility index (Phi) is 3.98. The smallest absolute Gasteiger partial charge is 0.125 e. The minimum Gasteiger partial charge on any atom is -0.395 e. The average molecular weight is 292 g/mol. The van der Waals surface area contributed by atoms with Crippen molar-refractivity contribution >= 4 is 17.0 Å². The van der Waals surface area contributed by atoms with Crippen molar-refractivity contribution in [3.8, 4) is 0 Å². The molecule has 0 saturated heterocycles. The summed E-state index contributed by atoms with van der Waals surface area (Å²) in [6.45, 7) is 1.11. The van der Waals surface area contributed by atoms with Gasteiger partial charge in [0.2, 0.25) is 0 Å². The highest BCUT2D eigenvalue weighted by Crippen LogP contribution is 2.41. The van der Waals surface area contributed by atoms with Crippen LogP contribution in [0.2, 0.25) is 0 Å². The van der Waals surface area contributed by atoms with Crippen molar-refractivity contribution in [3.63, 3.8) is 0 Å². The topological polar surface area (TPSA) is 36.4 Å². The summed E-state index contributed by atoms with van der Waals surface area (Å²) in [5.74, 6) is 0.400. The SMILES string of the molecule is OCCN(Cc1csc(C2CC2)n1)c1cccc(F)c1. The van der Waals surface area contributed by atoms with Gasteiger partial charge in [-0.25, -0.2) is 9.37 Å². The monoisotopic (exact) mass is 292 g/mol. The molecule has 1 aromatic carbocycles. The van der Waals surface area contributed by atoms with Crippen LogP contribution in [0.5, 0.6) is 0 Å². The number of rotatable bonds is 6. The molecular formula is C15H17FN2OS. The number of aliphatic hydroxyl groups is 1. The molecule has 1 heterocycles. The van der Waals surface area contributed by atoms with Gasteiger partial charge in [0, 0.05) is 23.5 Å². The summed E-state index contributed by atoms with van der Waals surface area (Å²) < 4.78 is 13.3. The minimum absolute atomic E-state index is 0.0378. The molecule has 0 amide bonds. The van der Waals surface area contributed by atoms with Crippen LogP contribution in [0, 0.1) is 5.82 Å². The maximum absolute atomic E-state index is 13.3. The molecule has 1 N–H and O–H groups in total. The van der Waals surface area contributed by atoms with Crippen LogP contribution >= 0.6 is 11.3 Å². The zero-order valence-corrected chi connectivity index (χ0v) is 11.9. The van der Waals surface area contributed by atoms with Crippen LogP contribution in [-0.2, 0) is 6.54 Å². The standard InChI is InChI=1S/C15H17FN2OS/c16-12-2-1-3-14(8-12)18(6-7-19)9-13-10-20-15(17-13)11-4-5-11/h1-3,8,10-11,19H,4-7,9H2. The fourth-order valence-corrected chi connectivity index (χ4v) is 3.18. The molecule has 1 aromatic heterocycles. The van der Waals surface area contributed by atoms with Gasteiger partial charge in [0.15, 0.2) is 0 Å². The lowest BCUT2D eigenvalue weighted by Crippen LogP contribution is -2.26. The fraction of sp³-hybridized carbons (Fsp3) is 0.400. The molecule has 2 aromatic rings. The van der Waals surface area contributed by atoms with Gasteiger partial charge in [-0.1, -0.05) is 6.07 Å². The number of hydrogen-bond acceptors (Lipinski definition) is 4. The van der Waals surface area contributed by atoms with E-state index in [0.717, 1.165) is 11.4 Å². The zero-order valence-electron chi connectivity index (χ0n) is 11.1. The van der Waals surface area contributed by atoms with Gasteiger partial charge in [-0.3, -0.25) is 0 Å². The lowest BCUT2D eigenvalue weighted by Gasteiger charge is -2.23. The van der Waals surface area contributed by atoms with Crippen LogP contribution in [0.1, 0.15) is 29.5 Å². The van der Waals surface area contributed by atoms with Gasteiger partial charge in [-0.15, -0.1) is 11.3 Å². The second-order valence-corrected chi connectivity index (χ2v) is 5.97. The lowest BCUT2D eigenvalue weighted by molar-refractivity contribution is 0.301. The quantitative estimate of drug-likeness (QED) is 0.888. The van der Waals surface area contributed by atoms with Crippen LogP contribution < -0.4 is 4.90 Å². The van der Waals surface area contributed by atoms with Crippen molar-refractivity contribution in [1.82, 2.24) is 4.98 Å². The van der Waals surface area contributed by atoms with Crippen molar-refractivity contribution in [2.24, 2.45) is 0 Å². The third-order valence-corrected chi connectivity index (χ3v) is 4.45. The van der Waals surface area contributed by atoms with Crippen LogP contribution in [0.15, 0.2) is 29.6 Å². The molecule has 5 heteroatoms. The first-order valence-corrected chi connectivity index (χ1v) is 7.70. The number of nitrogens with zero attached hydrogens (tertiary/aromatic N) is 2. The van der Waals surface area contributed by atoms with Gasteiger partial charge in [-0.2, -0.15) is 0 Å². The van der Waals surface area contributed by atoms with E-state index < -0.39 is 0 Å². The van der Waals surface area contributed by atoms with E-state index in [2.05, 4.69) is 10.4 Å². The van der Waals surface area contributed by atoms with Gasteiger partial charge in [0.1, 0.15) is 5.82 Å². The van der Waals surface area contributed by atoms with Gasteiger partial charge < -0.3 is 10.0 Å². The van der Waals surface area contributed by atoms with E-state index in [1.807, 2.05) is 11.0 Å². The number of anilines is 1. The van der Waals surface area contributed by atoms with Crippen molar-refractivity contribution < 1.29 is 9.50 Å². The second kappa shape index (κ2) is 5.89. The largest absolute Gasteiger partial charge is 0.395 e. The average Bonchev–Trinajstić information content (AvgIpc) is 3.19. The maximum Gasteiger partial charge on any atom is 0.125 e. The number of halogens is 1. The number of benzene rings is 1. The molecule has 1 fully saturated rings. The third-order valence-electron chi connectivity index (χ3n) is 3.39. The third kappa shape index (κ3) is 3.16. The molecule has 0 atom stereocenters. The number of hydrogen-bond donors (Lipinski definition) is 1. The highest BCUT2D eigenvalue weighted by atomic mass is 32.1. The molecule has 0 bridgehead atoms. The predicted octanol–water partition coefficient (Wildman–Crippen LogP) is 3.16. The Balaban J connectivity index is 1.75. The lowest BCUT2D eigenvalue weighted by atomic mass is 10.2. The molecule has 0 spiro atoms. The van der Waals surface area contributed by atoms with Crippen molar-refractivity contribution in [3.05, 3.63) is 46.2 Å². The molecular weight excluding hydrogens is 275 g/mol. The van der Waals surface area contributed by atoms with E-state index in [4.69, 9.17) is 0 Å². The highest BCUT2D eigenvalue weighted by molar-refractivity contribution is 7.09. The molecule has 3 rings (SSSR count). The summed E-state index contributed by atoms with van der Waals surface area (Å²) in [7, 11) is 0. The molecule has 0 aliphatic heterocycles. The summed E-state index contributed by atoms with van der Waals surface area (Å²) in [6, 6.07) is 6.46. The first-order chi connectivity index (χ1) is 9.76. The minimum atomic E-state index is -0.262. The van der Waals surface area contributed by atoms with Gasteiger partial charge >= 0.3 is 0 Å². The van der Waals surface area contributed by atoms with E-state index in [1.165, 1.54) is 30.0 Å². The van der Waals surface area contributed by atoms with Gasteiger partial charge in [-0.05, 0) is 31.0 Å². The summed E-state index contributed by atoms with van der Waals surface area (Å²) in [4.78, 5) is 6.60. The number of aromatic nitrogens is 1. The summed E-state index contributed by atoms with van der Waals surface area (Å²) in [5.41, 5.74) is 1.77. The van der Waals surface area contributed by atoms with Crippen LogP contribution in [-0.4, -0.2) is 23.2 Å². The Bertz CT molecular complexity index is 583. The Morgan fingerprint density at radius 3 is 2.95 bits per heavy atom. The highest BCUT2D eigenvalue weighted by Gasteiger charge is 2.26. The molecule has 20 heavy (non-hydrogen) atoms. The summed E-state index contributed by atoms with van der Waals surface area (Å²) >= 11 is 1.70. The van der Waals surface area contributed by atoms with Crippen molar-refractivity contribution in [1.29, 1.82) is 0 Å². The normalized spacial score (nSPS) is 14.5. The van der Waals surface area contributed by atoms with Crippen LogP contribution in [0.25, 0.3) is 0 Å². The first kappa shape index (κ1) is 13.5. The molecule has 0 radical (unpaired) electrons. The summed E-state index contributed by atoms with van der Waals surface area (Å²) in [5, 5.41) is 12.5. The number of thiazole rings is 1. The van der Waals surface area contributed by atoms with E-state index in [9.17, 15) is 9.50 Å². The maximum atomic E-state index is 13.3. The van der Waals surface area contributed by atoms with E-state index in [-0.39, 0.29) is 12.4 Å². The molecule has 3 nitrogen and oxygen atoms in total. The van der Waals surface area contributed by atoms with Gasteiger partial charge in [0.25, 0.3) is 0 Å². The Hall–Kier alpha value is -1.46. The molecule has 1 aliphatic carbocycles. The zero-order chi connectivity index (χ0) is 13.9. The van der Waals surface area contributed by atoms with Crippen molar-refractivity contribution in [2.75, 3.05) is 18.1 Å². The van der Waals surface area contributed by atoms with E-state index in [1.54, 1.807) is 17.4 Å². The second-order valence-electron chi connectivity index (χ2n) is 5.08. The number of aliphatic hydroxyl groups excluding tert-OH is 1. The van der Waals surface area contributed by atoms with Crippen molar-refractivity contribution in [2.45, 2.75) is 25.3 Å². The first-order valence-electron chi connectivity index (χ1n) is 6.82. The van der Waals surface area contributed by atoms with Crippen LogP contribution in [0.4, 0.5) is 10.1 Å². The van der Waals surface area contributed by atoms with E-state index in [0.29, 0.717) is 19.0 Å². The molecule has 0 unspecified atom stereocenters. The molecule has 1 aliphatic rings. The molecule has 1 saturated carbocycles. The molecule has 106 valence electrons. The fourth-order valence-electron chi connectivity index (χ4n) is 2.20. The Morgan fingerprint density at radius 2 is 2.25 bits per heavy atom. The van der Waals surface area contributed by atoms with Crippen LogP contribution in [0.3, 0.4) is 0 Å².